The van der Waals surface area contributed by atoms with Crippen LogP contribution in [0.5, 0.6) is 0 Å². The van der Waals surface area contributed by atoms with Crippen molar-refractivity contribution < 1.29 is 9.90 Å². The van der Waals surface area contributed by atoms with Crippen LogP contribution in [0.1, 0.15) is 30.1 Å². The molecule has 0 bridgehead atoms. The van der Waals surface area contributed by atoms with Crippen LogP contribution in [0.3, 0.4) is 0 Å². The summed E-state index contributed by atoms with van der Waals surface area (Å²) in [4.78, 5) is 18.2. The molecular weight excluding hydrogens is 182 g/mol. The Bertz CT molecular complexity index is 297. The number of rotatable bonds is 5. The van der Waals surface area contributed by atoms with E-state index in [1.165, 1.54) is 12.4 Å². The standard InChI is InChI=1S/C9H13N3O2/c1-2-3-4-10-9-11-5-7(6-12-9)8(13)14/h5-6H,2-4H2,1H3,(H,13,14)(H,10,11,12). The Hall–Kier alpha value is -1.65. The van der Waals surface area contributed by atoms with Crippen LogP contribution < -0.4 is 5.32 Å². The van der Waals surface area contributed by atoms with Crippen LogP contribution in [0.25, 0.3) is 0 Å². The Morgan fingerprint density at radius 1 is 1.50 bits per heavy atom. The molecule has 0 aliphatic carbocycles. The molecule has 5 heteroatoms. The molecule has 2 N–H and O–H groups in total. The monoisotopic (exact) mass is 195 g/mol. The SMILES string of the molecule is CCCCNc1ncc(C(=O)O)cn1. The molecule has 5 nitrogen and oxygen atoms in total. The molecule has 0 unspecified atom stereocenters. The van der Waals surface area contributed by atoms with Gasteiger partial charge in [-0.3, -0.25) is 0 Å². The van der Waals surface area contributed by atoms with Crippen molar-refractivity contribution in [2.45, 2.75) is 19.8 Å². The zero-order chi connectivity index (χ0) is 10.4. The van der Waals surface area contributed by atoms with Gasteiger partial charge in [-0.25, -0.2) is 14.8 Å². The number of carboxylic acid groups (broad SMARTS) is 1. The second-order valence-electron chi connectivity index (χ2n) is 2.88. The smallest absolute Gasteiger partial charge is 0.338 e. The van der Waals surface area contributed by atoms with E-state index in [2.05, 4.69) is 22.2 Å². The van der Waals surface area contributed by atoms with Gasteiger partial charge in [0.05, 0.1) is 5.56 Å². The number of aromatic nitrogens is 2. The van der Waals surface area contributed by atoms with E-state index in [0.717, 1.165) is 19.4 Å². The number of unbranched alkanes of at least 4 members (excludes halogenated alkanes) is 1. The minimum absolute atomic E-state index is 0.103. The molecule has 76 valence electrons. The Morgan fingerprint density at radius 2 is 2.14 bits per heavy atom. The van der Waals surface area contributed by atoms with Gasteiger partial charge in [0, 0.05) is 18.9 Å². The van der Waals surface area contributed by atoms with Crippen molar-refractivity contribution in [3.63, 3.8) is 0 Å². The lowest BCUT2D eigenvalue weighted by atomic mass is 10.3. The van der Waals surface area contributed by atoms with E-state index in [9.17, 15) is 4.79 Å². The van der Waals surface area contributed by atoms with Crippen molar-refractivity contribution in [1.29, 1.82) is 0 Å². The first-order valence-electron chi connectivity index (χ1n) is 4.53. The van der Waals surface area contributed by atoms with Gasteiger partial charge >= 0.3 is 5.97 Å². The number of nitrogens with zero attached hydrogens (tertiary/aromatic N) is 2. The van der Waals surface area contributed by atoms with Gasteiger partial charge < -0.3 is 10.4 Å². The third-order valence-electron chi connectivity index (χ3n) is 1.71. The van der Waals surface area contributed by atoms with E-state index in [-0.39, 0.29) is 5.56 Å². The fourth-order valence-electron chi connectivity index (χ4n) is 0.907. The Morgan fingerprint density at radius 3 is 2.64 bits per heavy atom. The molecule has 1 aromatic rings. The van der Waals surface area contributed by atoms with Crippen molar-refractivity contribution in [3.8, 4) is 0 Å². The Labute approximate surface area is 82.2 Å². The summed E-state index contributed by atoms with van der Waals surface area (Å²) in [6.07, 6.45) is 4.73. The van der Waals surface area contributed by atoms with Crippen molar-refractivity contribution in [2.75, 3.05) is 11.9 Å². The highest BCUT2D eigenvalue weighted by Crippen LogP contribution is 2.00. The molecule has 1 heterocycles. The van der Waals surface area contributed by atoms with Crippen molar-refractivity contribution in [2.24, 2.45) is 0 Å². The summed E-state index contributed by atoms with van der Waals surface area (Å²) in [5.41, 5.74) is 0.103. The highest BCUT2D eigenvalue weighted by Gasteiger charge is 2.03. The zero-order valence-electron chi connectivity index (χ0n) is 8.03. The second kappa shape index (κ2) is 5.16. The van der Waals surface area contributed by atoms with Crippen molar-refractivity contribution in [3.05, 3.63) is 18.0 Å². The van der Waals surface area contributed by atoms with E-state index in [1.807, 2.05) is 0 Å². The van der Waals surface area contributed by atoms with E-state index >= 15 is 0 Å². The van der Waals surface area contributed by atoms with Crippen LogP contribution in [0.15, 0.2) is 12.4 Å². The lowest BCUT2D eigenvalue weighted by molar-refractivity contribution is 0.0696. The Balaban J connectivity index is 2.51. The van der Waals surface area contributed by atoms with Crippen molar-refractivity contribution >= 4 is 11.9 Å². The zero-order valence-corrected chi connectivity index (χ0v) is 8.03. The minimum Gasteiger partial charge on any atom is -0.478 e. The van der Waals surface area contributed by atoms with Gasteiger partial charge in [-0.15, -0.1) is 0 Å². The molecule has 0 atom stereocenters. The molecule has 0 aliphatic heterocycles. The molecule has 0 saturated heterocycles. The van der Waals surface area contributed by atoms with Gasteiger partial charge in [0.15, 0.2) is 0 Å². The molecule has 0 radical (unpaired) electrons. The average Bonchev–Trinajstić information content (AvgIpc) is 2.19. The molecule has 14 heavy (non-hydrogen) atoms. The van der Waals surface area contributed by atoms with Crippen LogP contribution in [-0.4, -0.2) is 27.6 Å². The third kappa shape index (κ3) is 3.01. The number of anilines is 1. The third-order valence-corrected chi connectivity index (χ3v) is 1.71. The summed E-state index contributed by atoms with van der Waals surface area (Å²) in [6.45, 7) is 2.90. The highest BCUT2D eigenvalue weighted by molar-refractivity contribution is 5.86. The quantitative estimate of drug-likeness (QED) is 0.694. The van der Waals surface area contributed by atoms with Gasteiger partial charge in [0.25, 0.3) is 0 Å². The maximum Gasteiger partial charge on any atom is 0.338 e. The van der Waals surface area contributed by atoms with Crippen LogP contribution in [0.2, 0.25) is 0 Å². The molecule has 1 aromatic heterocycles. The summed E-state index contributed by atoms with van der Waals surface area (Å²) in [6, 6.07) is 0. The van der Waals surface area contributed by atoms with E-state index in [1.54, 1.807) is 0 Å². The van der Waals surface area contributed by atoms with E-state index in [4.69, 9.17) is 5.11 Å². The summed E-state index contributed by atoms with van der Waals surface area (Å²) in [7, 11) is 0. The molecule has 0 aliphatic rings. The van der Waals surface area contributed by atoms with Gasteiger partial charge in [-0.05, 0) is 6.42 Å². The fourth-order valence-corrected chi connectivity index (χ4v) is 0.907. The van der Waals surface area contributed by atoms with Crippen LogP contribution in [0.4, 0.5) is 5.95 Å². The number of nitrogens with one attached hydrogen (secondary N) is 1. The van der Waals surface area contributed by atoms with Gasteiger partial charge in [0.2, 0.25) is 5.95 Å². The molecular formula is C9H13N3O2. The number of carbonyl (C=O) groups is 1. The predicted molar refractivity (Wildman–Crippen MR) is 52.4 cm³/mol. The maximum absolute atomic E-state index is 10.5. The van der Waals surface area contributed by atoms with Gasteiger partial charge in [0.1, 0.15) is 0 Å². The number of hydrogen-bond acceptors (Lipinski definition) is 4. The van der Waals surface area contributed by atoms with E-state index < -0.39 is 5.97 Å². The van der Waals surface area contributed by atoms with Crippen LogP contribution in [0, 0.1) is 0 Å². The van der Waals surface area contributed by atoms with Crippen LogP contribution >= 0.6 is 0 Å². The highest BCUT2D eigenvalue weighted by atomic mass is 16.4. The first-order chi connectivity index (χ1) is 6.74. The largest absolute Gasteiger partial charge is 0.478 e. The fraction of sp³-hybridized carbons (Fsp3) is 0.444. The summed E-state index contributed by atoms with van der Waals surface area (Å²) in [5, 5.41) is 11.6. The topological polar surface area (TPSA) is 75.1 Å². The predicted octanol–water partition coefficient (Wildman–Crippen LogP) is 1.39. The maximum atomic E-state index is 10.5. The summed E-state index contributed by atoms with van der Waals surface area (Å²) >= 11 is 0. The van der Waals surface area contributed by atoms with Gasteiger partial charge in [-0.1, -0.05) is 13.3 Å². The second-order valence-corrected chi connectivity index (χ2v) is 2.88. The average molecular weight is 195 g/mol. The van der Waals surface area contributed by atoms with Crippen molar-refractivity contribution in [1.82, 2.24) is 9.97 Å². The molecule has 0 saturated carbocycles. The lowest BCUT2D eigenvalue weighted by Crippen LogP contribution is -2.06. The molecule has 0 spiro atoms. The lowest BCUT2D eigenvalue weighted by Gasteiger charge is -2.02. The summed E-state index contributed by atoms with van der Waals surface area (Å²) in [5.74, 6) is -0.534. The summed E-state index contributed by atoms with van der Waals surface area (Å²) < 4.78 is 0. The molecule has 0 amide bonds. The van der Waals surface area contributed by atoms with Crippen LogP contribution in [-0.2, 0) is 0 Å². The molecule has 0 aromatic carbocycles. The number of carboxylic acids is 1. The molecule has 1 rings (SSSR count). The first kappa shape index (κ1) is 10.4. The molecule has 0 fully saturated rings. The number of aromatic carboxylic acids is 1. The minimum atomic E-state index is -1.01. The normalized spacial score (nSPS) is 9.79. The van der Waals surface area contributed by atoms with E-state index in [0.29, 0.717) is 5.95 Å². The first-order valence-corrected chi connectivity index (χ1v) is 4.53. The Kier molecular flexibility index (Phi) is 3.84. The number of hydrogen-bond donors (Lipinski definition) is 2. The van der Waals surface area contributed by atoms with Gasteiger partial charge in [-0.2, -0.15) is 0 Å².